The number of nitrogens with two attached hydrogens (primary N) is 2. The van der Waals surface area contributed by atoms with Crippen LogP contribution in [0.3, 0.4) is 0 Å². The first-order chi connectivity index (χ1) is 12.2. The van der Waals surface area contributed by atoms with Crippen molar-refractivity contribution in [1.29, 1.82) is 0 Å². The maximum absolute atomic E-state index is 10.4. The standard InChI is InChI=1S/C16H33N3O7/c1-3-4-19-8-5-7(17)15(12(23)10(8)21)26-16-9(18)11(22)13(24)14(25-16)6(2)20/h6-16,19-24H,3-5,17-18H2,1-2H3/t6-,7?,8-,9+,10-,11?,12?,13+,14?,15-,16-/m1/s1. The van der Waals surface area contributed by atoms with Crippen LogP contribution in [-0.4, -0.2) is 99.2 Å². The average molecular weight is 379 g/mol. The van der Waals surface area contributed by atoms with Crippen molar-refractivity contribution >= 4 is 0 Å². The van der Waals surface area contributed by atoms with Gasteiger partial charge in [-0.3, -0.25) is 0 Å². The fourth-order valence-corrected chi connectivity index (χ4v) is 3.55. The molecule has 1 heterocycles. The Bertz CT molecular complexity index is 444. The number of rotatable bonds is 6. The van der Waals surface area contributed by atoms with Crippen LogP contribution in [0.5, 0.6) is 0 Å². The topological polar surface area (TPSA) is 184 Å². The van der Waals surface area contributed by atoms with Crippen LogP contribution in [0, 0.1) is 0 Å². The Kier molecular flexibility index (Phi) is 7.74. The van der Waals surface area contributed by atoms with E-state index in [1.54, 1.807) is 0 Å². The van der Waals surface area contributed by atoms with E-state index in [0.717, 1.165) is 6.42 Å². The van der Waals surface area contributed by atoms with E-state index >= 15 is 0 Å². The first kappa shape index (κ1) is 21.9. The van der Waals surface area contributed by atoms with Crippen LogP contribution < -0.4 is 16.8 Å². The van der Waals surface area contributed by atoms with Gasteiger partial charge in [0.2, 0.25) is 0 Å². The summed E-state index contributed by atoms with van der Waals surface area (Å²) in [6, 6.07) is -2.07. The molecule has 4 unspecified atom stereocenters. The maximum Gasteiger partial charge on any atom is 0.176 e. The van der Waals surface area contributed by atoms with Crippen molar-refractivity contribution in [2.75, 3.05) is 6.54 Å². The van der Waals surface area contributed by atoms with Gasteiger partial charge in [0, 0.05) is 12.1 Å². The molecular formula is C16H33N3O7. The molecule has 2 fully saturated rings. The Balaban J connectivity index is 2.06. The molecule has 0 aromatic heterocycles. The molecule has 0 radical (unpaired) electrons. The third-order valence-electron chi connectivity index (χ3n) is 5.16. The number of ether oxygens (including phenoxy) is 2. The lowest BCUT2D eigenvalue weighted by Gasteiger charge is -2.47. The van der Waals surface area contributed by atoms with Crippen molar-refractivity contribution < 1.29 is 35.0 Å². The van der Waals surface area contributed by atoms with Gasteiger partial charge in [-0.2, -0.15) is 0 Å². The van der Waals surface area contributed by atoms with Gasteiger partial charge >= 0.3 is 0 Å². The predicted molar refractivity (Wildman–Crippen MR) is 91.9 cm³/mol. The van der Waals surface area contributed by atoms with Gasteiger partial charge < -0.3 is 51.8 Å². The lowest BCUT2D eigenvalue weighted by Crippen LogP contribution is -2.68. The maximum atomic E-state index is 10.4. The molecule has 2 rings (SSSR count). The van der Waals surface area contributed by atoms with Gasteiger partial charge in [0.15, 0.2) is 6.29 Å². The second-order valence-electron chi connectivity index (χ2n) is 7.31. The highest BCUT2D eigenvalue weighted by atomic mass is 16.7. The average Bonchev–Trinajstić information content (AvgIpc) is 2.60. The molecular weight excluding hydrogens is 346 g/mol. The highest BCUT2D eigenvalue weighted by Crippen LogP contribution is 2.28. The fraction of sp³-hybridized carbons (Fsp3) is 1.00. The van der Waals surface area contributed by atoms with Crippen LogP contribution in [0.25, 0.3) is 0 Å². The van der Waals surface area contributed by atoms with Gasteiger partial charge in [0.05, 0.1) is 18.2 Å². The lowest BCUT2D eigenvalue weighted by molar-refractivity contribution is -0.301. The van der Waals surface area contributed by atoms with E-state index < -0.39 is 61.1 Å². The van der Waals surface area contributed by atoms with Gasteiger partial charge in [0.25, 0.3) is 0 Å². The number of hydrogen-bond donors (Lipinski definition) is 8. The highest BCUT2D eigenvalue weighted by Gasteiger charge is 2.49. The van der Waals surface area contributed by atoms with Crippen LogP contribution in [-0.2, 0) is 9.47 Å². The number of aliphatic hydroxyl groups is 5. The van der Waals surface area contributed by atoms with Crippen LogP contribution >= 0.6 is 0 Å². The van der Waals surface area contributed by atoms with E-state index in [0.29, 0.717) is 13.0 Å². The summed E-state index contributed by atoms with van der Waals surface area (Å²) in [5, 5.41) is 53.7. The third-order valence-corrected chi connectivity index (χ3v) is 5.16. The smallest absolute Gasteiger partial charge is 0.176 e. The largest absolute Gasteiger partial charge is 0.391 e. The summed E-state index contributed by atoms with van der Waals surface area (Å²) in [5.74, 6) is 0. The van der Waals surface area contributed by atoms with Gasteiger partial charge in [0.1, 0.15) is 30.5 Å². The molecule has 0 amide bonds. The summed E-state index contributed by atoms with van der Waals surface area (Å²) in [6.07, 6.45) is -8.23. The quantitative estimate of drug-likeness (QED) is 0.229. The van der Waals surface area contributed by atoms with E-state index in [4.69, 9.17) is 20.9 Å². The van der Waals surface area contributed by atoms with Crippen LogP contribution in [0.2, 0.25) is 0 Å². The second-order valence-corrected chi connectivity index (χ2v) is 7.31. The third kappa shape index (κ3) is 4.53. The van der Waals surface area contributed by atoms with Crippen LogP contribution in [0.1, 0.15) is 26.7 Å². The molecule has 10 N–H and O–H groups in total. The predicted octanol–water partition coefficient (Wildman–Crippen LogP) is -3.65. The highest BCUT2D eigenvalue weighted by molar-refractivity contribution is 5.00. The van der Waals surface area contributed by atoms with E-state index in [9.17, 15) is 25.5 Å². The Morgan fingerprint density at radius 1 is 1.12 bits per heavy atom. The van der Waals surface area contributed by atoms with Crippen LogP contribution in [0.4, 0.5) is 0 Å². The molecule has 10 heteroatoms. The molecule has 2 aliphatic rings. The van der Waals surface area contributed by atoms with Gasteiger partial charge in [-0.05, 0) is 26.3 Å². The Morgan fingerprint density at radius 2 is 1.77 bits per heavy atom. The summed E-state index contributed by atoms with van der Waals surface area (Å²) < 4.78 is 11.2. The Hall–Kier alpha value is -0.400. The molecule has 1 saturated carbocycles. The first-order valence-electron chi connectivity index (χ1n) is 9.14. The molecule has 0 spiro atoms. The zero-order chi connectivity index (χ0) is 19.6. The molecule has 26 heavy (non-hydrogen) atoms. The summed E-state index contributed by atoms with van der Waals surface area (Å²) in [4.78, 5) is 0. The molecule has 154 valence electrons. The van der Waals surface area contributed by atoms with Crippen molar-refractivity contribution in [2.24, 2.45) is 11.5 Å². The minimum Gasteiger partial charge on any atom is -0.391 e. The van der Waals surface area contributed by atoms with Crippen molar-refractivity contribution in [1.82, 2.24) is 5.32 Å². The molecule has 1 aliphatic heterocycles. The van der Waals surface area contributed by atoms with Crippen molar-refractivity contribution in [2.45, 2.75) is 93.8 Å². The molecule has 0 aromatic rings. The van der Waals surface area contributed by atoms with Crippen molar-refractivity contribution in [3.05, 3.63) is 0 Å². The number of aliphatic hydroxyl groups excluding tert-OH is 5. The van der Waals surface area contributed by atoms with E-state index in [-0.39, 0.29) is 6.04 Å². The van der Waals surface area contributed by atoms with Crippen LogP contribution in [0.15, 0.2) is 0 Å². The van der Waals surface area contributed by atoms with Gasteiger partial charge in [-0.15, -0.1) is 0 Å². The monoisotopic (exact) mass is 379 g/mol. The first-order valence-corrected chi connectivity index (χ1v) is 9.14. The summed E-state index contributed by atoms with van der Waals surface area (Å²) in [6.45, 7) is 4.08. The van der Waals surface area contributed by atoms with Crippen molar-refractivity contribution in [3.63, 3.8) is 0 Å². The summed E-state index contributed by atoms with van der Waals surface area (Å²) in [5.41, 5.74) is 12.0. The molecule has 0 bridgehead atoms. The summed E-state index contributed by atoms with van der Waals surface area (Å²) in [7, 11) is 0. The molecule has 0 aromatic carbocycles. The molecule has 1 saturated heterocycles. The number of hydrogen-bond acceptors (Lipinski definition) is 10. The molecule has 1 aliphatic carbocycles. The van der Waals surface area contributed by atoms with E-state index in [2.05, 4.69) is 5.32 Å². The SMILES string of the molecule is CCCN[C@@H]1CC(N)[C@@H](O[C@H]2OC([C@@H](C)O)[C@@H](O)C(O)[C@@H]2N)C(O)[C@@H]1O. The number of nitrogens with one attached hydrogen (secondary N) is 1. The van der Waals surface area contributed by atoms with E-state index in [1.165, 1.54) is 6.92 Å². The zero-order valence-corrected chi connectivity index (χ0v) is 15.2. The normalized spacial score (nSPS) is 48.3. The van der Waals surface area contributed by atoms with Crippen molar-refractivity contribution in [3.8, 4) is 0 Å². The fourth-order valence-electron chi connectivity index (χ4n) is 3.55. The van der Waals surface area contributed by atoms with Gasteiger partial charge in [-0.1, -0.05) is 6.92 Å². The molecule has 11 atom stereocenters. The molecule has 10 nitrogen and oxygen atoms in total. The minimum atomic E-state index is -1.38. The summed E-state index contributed by atoms with van der Waals surface area (Å²) >= 11 is 0. The van der Waals surface area contributed by atoms with E-state index in [1.807, 2.05) is 6.92 Å². The lowest BCUT2D eigenvalue weighted by atomic mass is 9.84. The second kappa shape index (κ2) is 9.20. The zero-order valence-electron chi connectivity index (χ0n) is 15.2. The Morgan fingerprint density at radius 3 is 2.35 bits per heavy atom. The minimum absolute atomic E-state index is 0.363. The Labute approximate surface area is 153 Å². The van der Waals surface area contributed by atoms with Gasteiger partial charge in [-0.25, -0.2) is 0 Å².